The molecule has 8 heteroatoms. The zero-order valence-corrected chi connectivity index (χ0v) is 11.3. The molecule has 1 N–H and O–H groups in total. The summed E-state index contributed by atoms with van der Waals surface area (Å²) in [5, 5.41) is 20.0. The van der Waals surface area contributed by atoms with Gasteiger partial charge in [-0.1, -0.05) is 0 Å². The Morgan fingerprint density at radius 1 is 1.55 bits per heavy atom. The van der Waals surface area contributed by atoms with E-state index in [1.165, 1.54) is 0 Å². The maximum absolute atomic E-state index is 11.1. The molecule has 1 atom stereocenters. The van der Waals surface area contributed by atoms with E-state index in [9.17, 15) is 14.9 Å². The van der Waals surface area contributed by atoms with Crippen molar-refractivity contribution in [2.75, 3.05) is 31.6 Å². The van der Waals surface area contributed by atoms with Crippen LogP contribution >= 0.6 is 0 Å². The molecule has 2 rings (SSSR count). The molecule has 0 aliphatic carbocycles. The lowest BCUT2D eigenvalue weighted by Crippen LogP contribution is -2.50. The van der Waals surface area contributed by atoms with Crippen LogP contribution in [0.3, 0.4) is 0 Å². The third kappa shape index (κ3) is 2.69. The summed E-state index contributed by atoms with van der Waals surface area (Å²) < 4.78 is 0. The molecule has 8 nitrogen and oxygen atoms in total. The van der Waals surface area contributed by atoms with Crippen molar-refractivity contribution in [3.63, 3.8) is 0 Å². The van der Waals surface area contributed by atoms with Crippen molar-refractivity contribution in [2.45, 2.75) is 13.0 Å². The molecular formula is C12H16N4O4. The quantitative estimate of drug-likeness (QED) is 0.646. The number of rotatable bonds is 3. The van der Waals surface area contributed by atoms with Crippen LogP contribution in [0.5, 0.6) is 0 Å². The molecule has 20 heavy (non-hydrogen) atoms. The number of carboxylic acids is 1. The van der Waals surface area contributed by atoms with Crippen molar-refractivity contribution in [2.24, 2.45) is 0 Å². The number of pyridine rings is 1. The number of aromatic carboxylic acids is 1. The molecule has 1 aliphatic heterocycles. The molecule has 0 radical (unpaired) electrons. The van der Waals surface area contributed by atoms with Crippen LogP contribution in [0.15, 0.2) is 12.3 Å². The SMILES string of the molecule is CC1CN(c2ncc(C(=O)O)cc2[N+](=O)[O-])CCN1C. The molecule has 108 valence electrons. The lowest BCUT2D eigenvalue weighted by Gasteiger charge is -2.37. The Hall–Kier alpha value is -2.22. The van der Waals surface area contributed by atoms with Gasteiger partial charge in [0.1, 0.15) is 0 Å². The van der Waals surface area contributed by atoms with Gasteiger partial charge in [-0.05, 0) is 14.0 Å². The Labute approximate surface area is 115 Å². The summed E-state index contributed by atoms with van der Waals surface area (Å²) in [7, 11) is 2.00. The minimum Gasteiger partial charge on any atom is -0.478 e. The van der Waals surface area contributed by atoms with Crippen molar-refractivity contribution >= 4 is 17.5 Å². The molecule has 2 heterocycles. The summed E-state index contributed by atoms with van der Waals surface area (Å²) in [6, 6.07) is 1.32. The molecule has 1 aliphatic rings. The number of hydrogen-bond donors (Lipinski definition) is 1. The van der Waals surface area contributed by atoms with E-state index in [0.717, 1.165) is 18.8 Å². The minimum absolute atomic E-state index is 0.178. The molecule has 0 bridgehead atoms. The van der Waals surface area contributed by atoms with Gasteiger partial charge in [0.2, 0.25) is 5.82 Å². The number of likely N-dealkylation sites (N-methyl/N-ethyl adjacent to an activating group) is 1. The van der Waals surface area contributed by atoms with Gasteiger partial charge in [-0.15, -0.1) is 0 Å². The fourth-order valence-electron chi connectivity index (χ4n) is 2.18. The van der Waals surface area contributed by atoms with Crippen LogP contribution in [0.4, 0.5) is 11.5 Å². The fraction of sp³-hybridized carbons (Fsp3) is 0.500. The van der Waals surface area contributed by atoms with Crippen LogP contribution < -0.4 is 4.90 Å². The first kappa shape index (κ1) is 14.2. The first-order valence-corrected chi connectivity index (χ1v) is 6.23. The lowest BCUT2D eigenvalue weighted by atomic mass is 10.2. The molecule has 1 aromatic heterocycles. The number of anilines is 1. The maximum Gasteiger partial charge on any atom is 0.337 e. The number of piperazine rings is 1. The standard InChI is InChI=1S/C12H16N4O4/c1-8-7-15(4-3-14(8)2)11-10(16(19)20)5-9(6-13-11)12(17)18/h5-6,8H,3-4,7H2,1-2H3,(H,17,18). The average molecular weight is 280 g/mol. The molecule has 0 spiro atoms. The summed E-state index contributed by atoms with van der Waals surface area (Å²) in [4.78, 5) is 29.4. The predicted molar refractivity (Wildman–Crippen MR) is 72.2 cm³/mol. The first-order valence-electron chi connectivity index (χ1n) is 6.23. The summed E-state index contributed by atoms with van der Waals surface area (Å²) >= 11 is 0. The number of aromatic nitrogens is 1. The van der Waals surface area contributed by atoms with Crippen LogP contribution in [-0.2, 0) is 0 Å². The van der Waals surface area contributed by atoms with Crippen molar-refractivity contribution < 1.29 is 14.8 Å². The fourth-order valence-corrected chi connectivity index (χ4v) is 2.18. The summed E-state index contributed by atoms with van der Waals surface area (Å²) in [6.45, 7) is 4.06. The summed E-state index contributed by atoms with van der Waals surface area (Å²) in [6.07, 6.45) is 1.16. The summed E-state index contributed by atoms with van der Waals surface area (Å²) in [5.41, 5.74) is -0.440. The zero-order chi connectivity index (χ0) is 14.9. The highest BCUT2D eigenvalue weighted by Crippen LogP contribution is 2.28. The first-order chi connectivity index (χ1) is 9.40. The number of carboxylic acid groups (broad SMARTS) is 1. The van der Waals surface area contributed by atoms with E-state index < -0.39 is 10.9 Å². The molecule has 1 aromatic rings. The highest BCUT2D eigenvalue weighted by atomic mass is 16.6. The van der Waals surface area contributed by atoms with Gasteiger partial charge in [0, 0.05) is 37.9 Å². The van der Waals surface area contributed by atoms with Gasteiger partial charge in [0.05, 0.1) is 10.5 Å². The minimum atomic E-state index is -1.22. The Bertz CT molecular complexity index is 548. The second-order valence-corrected chi connectivity index (χ2v) is 4.90. The summed E-state index contributed by atoms with van der Waals surface area (Å²) in [5.74, 6) is -0.987. The van der Waals surface area contributed by atoms with Crippen LogP contribution in [-0.4, -0.2) is 58.6 Å². The molecule has 0 amide bonds. The van der Waals surface area contributed by atoms with Crippen LogP contribution in [0, 0.1) is 10.1 Å². The zero-order valence-electron chi connectivity index (χ0n) is 11.3. The highest BCUT2D eigenvalue weighted by Gasteiger charge is 2.28. The highest BCUT2D eigenvalue weighted by molar-refractivity contribution is 5.88. The normalized spacial score (nSPS) is 19.9. The molecule has 0 aromatic carbocycles. The monoisotopic (exact) mass is 280 g/mol. The van der Waals surface area contributed by atoms with Crippen molar-refractivity contribution in [1.82, 2.24) is 9.88 Å². The smallest absolute Gasteiger partial charge is 0.337 e. The Morgan fingerprint density at radius 3 is 2.80 bits per heavy atom. The molecule has 1 saturated heterocycles. The van der Waals surface area contributed by atoms with Crippen LogP contribution in [0.2, 0.25) is 0 Å². The van der Waals surface area contributed by atoms with Gasteiger partial charge in [-0.2, -0.15) is 0 Å². The van der Waals surface area contributed by atoms with E-state index in [1.54, 1.807) is 0 Å². The van der Waals surface area contributed by atoms with Crippen molar-refractivity contribution in [1.29, 1.82) is 0 Å². The second-order valence-electron chi connectivity index (χ2n) is 4.90. The molecule has 0 saturated carbocycles. The maximum atomic E-state index is 11.1. The van der Waals surface area contributed by atoms with Crippen molar-refractivity contribution in [3.05, 3.63) is 27.9 Å². The molecular weight excluding hydrogens is 264 g/mol. The van der Waals surface area contributed by atoms with Gasteiger partial charge < -0.3 is 14.9 Å². The van der Waals surface area contributed by atoms with Gasteiger partial charge in [0.15, 0.2) is 0 Å². The topological polar surface area (TPSA) is 99.8 Å². The van der Waals surface area contributed by atoms with Gasteiger partial charge in [-0.3, -0.25) is 10.1 Å². The van der Waals surface area contributed by atoms with Gasteiger partial charge in [0.25, 0.3) is 0 Å². The van der Waals surface area contributed by atoms with E-state index in [-0.39, 0.29) is 23.1 Å². The van der Waals surface area contributed by atoms with E-state index in [2.05, 4.69) is 9.88 Å². The van der Waals surface area contributed by atoms with Crippen LogP contribution in [0.25, 0.3) is 0 Å². The Balaban J connectivity index is 2.36. The Kier molecular flexibility index (Phi) is 3.84. The predicted octanol–water partition coefficient (Wildman–Crippen LogP) is 0.828. The van der Waals surface area contributed by atoms with E-state index in [4.69, 9.17) is 5.11 Å². The average Bonchev–Trinajstić information content (AvgIpc) is 2.41. The largest absolute Gasteiger partial charge is 0.478 e. The third-order valence-electron chi connectivity index (χ3n) is 3.55. The van der Waals surface area contributed by atoms with E-state index in [1.807, 2.05) is 18.9 Å². The van der Waals surface area contributed by atoms with Gasteiger partial charge >= 0.3 is 11.7 Å². The number of carbonyl (C=O) groups is 1. The molecule has 1 fully saturated rings. The number of nitro groups is 1. The third-order valence-corrected chi connectivity index (χ3v) is 3.55. The van der Waals surface area contributed by atoms with E-state index >= 15 is 0 Å². The van der Waals surface area contributed by atoms with E-state index in [0.29, 0.717) is 13.1 Å². The number of hydrogen-bond acceptors (Lipinski definition) is 6. The lowest BCUT2D eigenvalue weighted by molar-refractivity contribution is -0.384. The van der Waals surface area contributed by atoms with Crippen molar-refractivity contribution in [3.8, 4) is 0 Å². The Morgan fingerprint density at radius 2 is 2.25 bits per heavy atom. The van der Waals surface area contributed by atoms with Crippen LogP contribution in [0.1, 0.15) is 17.3 Å². The number of nitrogens with zero attached hydrogens (tertiary/aromatic N) is 4. The second kappa shape index (κ2) is 5.41. The molecule has 1 unspecified atom stereocenters. The van der Waals surface area contributed by atoms with Gasteiger partial charge in [-0.25, -0.2) is 9.78 Å².